The van der Waals surface area contributed by atoms with Crippen molar-refractivity contribution >= 4 is 47.0 Å². The molecule has 3 aromatic carbocycles. The molecule has 0 radical (unpaired) electrons. The van der Waals surface area contributed by atoms with E-state index >= 15 is 0 Å². The second-order valence-corrected chi connectivity index (χ2v) is 8.53. The number of hydrogen-bond acceptors (Lipinski definition) is 5. The van der Waals surface area contributed by atoms with Gasteiger partial charge < -0.3 is 0 Å². The van der Waals surface area contributed by atoms with Gasteiger partial charge >= 0.3 is 0 Å². The van der Waals surface area contributed by atoms with E-state index in [1.165, 1.54) is 15.8 Å². The summed E-state index contributed by atoms with van der Waals surface area (Å²) in [6.07, 6.45) is 8.11. The Hall–Kier alpha value is -4.03. The molecular formula is C27H21N5S. The number of H-pyrrole nitrogens is 1. The highest BCUT2D eigenvalue weighted by atomic mass is 32.2. The highest BCUT2D eigenvalue weighted by molar-refractivity contribution is 7.98. The van der Waals surface area contributed by atoms with Crippen molar-refractivity contribution in [1.29, 1.82) is 0 Å². The van der Waals surface area contributed by atoms with E-state index in [0.717, 1.165) is 28.1 Å². The van der Waals surface area contributed by atoms with E-state index in [9.17, 15) is 0 Å². The van der Waals surface area contributed by atoms with Gasteiger partial charge in [0.25, 0.3) is 0 Å². The molecule has 5 nitrogen and oxygen atoms in total. The summed E-state index contributed by atoms with van der Waals surface area (Å²) in [7, 11) is 0. The largest absolute Gasteiger partial charge is 0.252 e. The number of rotatable bonds is 7. The monoisotopic (exact) mass is 447 g/mol. The fourth-order valence-electron chi connectivity index (χ4n) is 3.42. The highest BCUT2D eigenvalue weighted by Gasteiger charge is 2.01. The van der Waals surface area contributed by atoms with Crippen molar-refractivity contribution in [2.45, 2.75) is 10.6 Å². The molecule has 0 spiro atoms. The summed E-state index contributed by atoms with van der Waals surface area (Å²) < 4.78 is 0. The molecule has 0 bridgehead atoms. The molecule has 160 valence electrons. The standard InChI is InChI=1S/C27H21N5S/c1-2-10-26-23(8-1)14-15-24(28-26)19-33-25-9-4-7-22(18-25)12-11-20-5-3-6-21(17-20)13-16-27-29-31-32-30-27/h1-18H,19H2,(H,29,30,31,32). The van der Waals surface area contributed by atoms with Gasteiger partial charge in [0.05, 0.1) is 11.2 Å². The summed E-state index contributed by atoms with van der Waals surface area (Å²) in [5.74, 6) is 1.47. The summed E-state index contributed by atoms with van der Waals surface area (Å²) in [6, 6.07) is 29.4. The molecule has 2 aromatic heterocycles. The minimum atomic E-state index is 0.629. The maximum atomic E-state index is 4.78. The summed E-state index contributed by atoms with van der Waals surface area (Å²) >= 11 is 1.80. The Labute approximate surface area is 196 Å². The number of tetrazole rings is 1. The molecule has 0 amide bonds. The molecule has 2 heterocycles. The number of hydrogen-bond donors (Lipinski definition) is 1. The molecule has 0 aliphatic carbocycles. The smallest absolute Gasteiger partial charge is 0.172 e. The van der Waals surface area contributed by atoms with Crippen molar-refractivity contribution in [2.75, 3.05) is 0 Å². The van der Waals surface area contributed by atoms with Crippen LogP contribution in [0.15, 0.2) is 89.8 Å². The molecule has 5 aromatic rings. The lowest BCUT2D eigenvalue weighted by Crippen LogP contribution is -1.88. The van der Waals surface area contributed by atoms with E-state index in [1.807, 2.05) is 30.4 Å². The van der Waals surface area contributed by atoms with Crippen LogP contribution in [-0.4, -0.2) is 25.6 Å². The summed E-state index contributed by atoms with van der Waals surface area (Å²) in [6.45, 7) is 0. The first-order valence-corrected chi connectivity index (χ1v) is 11.6. The Bertz CT molecular complexity index is 1420. The first-order valence-electron chi connectivity index (χ1n) is 10.6. The van der Waals surface area contributed by atoms with Crippen LogP contribution in [0.4, 0.5) is 0 Å². The zero-order valence-corrected chi connectivity index (χ0v) is 18.6. The molecule has 0 saturated heterocycles. The van der Waals surface area contributed by atoms with E-state index in [2.05, 4.69) is 99.5 Å². The molecule has 0 unspecified atom stereocenters. The maximum absolute atomic E-state index is 4.78. The minimum absolute atomic E-state index is 0.629. The number of fused-ring (bicyclic) bond motifs is 1. The van der Waals surface area contributed by atoms with Gasteiger partial charge in [-0.15, -0.1) is 16.9 Å². The van der Waals surface area contributed by atoms with Gasteiger partial charge in [-0.05, 0) is 63.5 Å². The molecule has 0 fully saturated rings. The Morgan fingerprint density at radius 3 is 2.30 bits per heavy atom. The third-order valence-electron chi connectivity index (χ3n) is 5.08. The lowest BCUT2D eigenvalue weighted by Gasteiger charge is -2.05. The summed E-state index contributed by atoms with van der Waals surface area (Å²) in [4.78, 5) is 6.00. The van der Waals surface area contributed by atoms with Crippen molar-refractivity contribution < 1.29 is 0 Å². The molecular weight excluding hydrogens is 426 g/mol. The van der Waals surface area contributed by atoms with Crippen LogP contribution >= 0.6 is 11.8 Å². The first-order chi connectivity index (χ1) is 16.3. The Morgan fingerprint density at radius 2 is 1.48 bits per heavy atom. The molecule has 0 aliphatic heterocycles. The second-order valence-electron chi connectivity index (χ2n) is 7.48. The van der Waals surface area contributed by atoms with Crippen LogP contribution in [0, 0.1) is 0 Å². The van der Waals surface area contributed by atoms with Gasteiger partial charge in [-0.2, -0.15) is 0 Å². The first kappa shape index (κ1) is 20.8. The highest BCUT2D eigenvalue weighted by Crippen LogP contribution is 2.25. The number of thioether (sulfide) groups is 1. The number of nitrogens with zero attached hydrogens (tertiary/aromatic N) is 4. The summed E-state index contributed by atoms with van der Waals surface area (Å²) in [5, 5.41) is 14.9. The zero-order valence-electron chi connectivity index (χ0n) is 17.8. The van der Waals surface area contributed by atoms with E-state index < -0.39 is 0 Å². The fraction of sp³-hybridized carbons (Fsp3) is 0.0370. The predicted molar refractivity (Wildman–Crippen MR) is 136 cm³/mol. The number of pyridine rings is 1. The van der Waals surface area contributed by atoms with E-state index in [4.69, 9.17) is 4.98 Å². The summed E-state index contributed by atoms with van der Waals surface area (Å²) in [5.41, 5.74) is 5.51. The van der Waals surface area contributed by atoms with Crippen LogP contribution in [0.25, 0.3) is 35.2 Å². The normalized spacial score (nSPS) is 11.6. The van der Waals surface area contributed by atoms with Crippen LogP contribution in [0.1, 0.15) is 28.2 Å². The molecule has 5 rings (SSSR count). The maximum Gasteiger partial charge on any atom is 0.172 e. The van der Waals surface area contributed by atoms with Crippen LogP contribution < -0.4 is 0 Å². The van der Waals surface area contributed by atoms with Crippen LogP contribution in [0.3, 0.4) is 0 Å². The van der Waals surface area contributed by atoms with Crippen LogP contribution in [-0.2, 0) is 5.75 Å². The lowest BCUT2D eigenvalue weighted by molar-refractivity contribution is 0.881. The van der Waals surface area contributed by atoms with Gasteiger partial charge in [-0.3, -0.25) is 4.98 Å². The van der Waals surface area contributed by atoms with E-state index in [0.29, 0.717) is 5.82 Å². The average Bonchev–Trinajstić information content (AvgIpc) is 3.39. The van der Waals surface area contributed by atoms with Gasteiger partial charge in [0.1, 0.15) is 0 Å². The molecule has 6 heteroatoms. The van der Waals surface area contributed by atoms with Crippen molar-refractivity contribution in [3.05, 3.63) is 113 Å². The van der Waals surface area contributed by atoms with Crippen molar-refractivity contribution in [2.24, 2.45) is 0 Å². The van der Waals surface area contributed by atoms with E-state index in [-0.39, 0.29) is 0 Å². The van der Waals surface area contributed by atoms with Crippen LogP contribution in [0.5, 0.6) is 0 Å². The lowest BCUT2D eigenvalue weighted by atomic mass is 10.1. The van der Waals surface area contributed by atoms with Crippen molar-refractivity contribution in [3.63, 3.8) is 0 Å². The van der Waals surface area contributed by atoms with Crippen molar-refractivity contribution in [3.8, 4) is 0 Å². The molecule has 1 N–H and O–H groups in total. The topological polar surface area (TPSA) is 67.3 Å². The molecule has 0 saturated carbocycles. The number of nitrogens with one attached hydrogen (secondary N) is 1. The van der Waals surface area contributed by atoms with E-state index in [1.54, 1.807) is 11.8 Å². The van der Waals surface area contributed by atoms with Gasteiger partial charge in [-0.25, -0.2) is 5.10 Å². The van der Waals surface area contributed by atoms with Gasteiger partial charge in [0, 0.05) is 16.0 Å². The van der Waals surface area contributed by atoms with Gasteiger partial charge in [0.15, 0.2) is 5.82 Å². The molecule has 0 atom stereocenters. The van der Waals surface area contributed by atoms with Gasteiger partial charge in [0.2, 0.25) is 0 Å². The third kappa shape index (κ3) is 5.61. The number of aromatic amines is 1. The molecule has 33 heavy (non-hydrogen) atoms. The van der Waals surface area contributed by atoms with Crippen LogP contribution in [0.2, 0.25) is 0 Å². The SMILES string of the molecule is C(=Cc1cccc(SCc2ccc3ccccc3n2)c1)c1cccc(C=Cc2nnn[nH]2)c1. The quantitative estimate of drug-likeness (QED) is 0.232. The second kappa shape index (κ2) is 10.1. The Kier molecular flexibility index (Phi) is 6.36. The number of aromatic nitrogens is 5. The van der Waals surface area contributed by atoms with Gasteiger partial charge in [-0.1, -0.05) is 72.8 Å². The zero-order chi connectivity index (χ0) is 22.3. The predicted octanol–water partition coefficient (Wildman–Crippen LogP) is 6.38. The average molecular weight is 448 g/mol. The minimum Gasteiger partial charge on any atom is -0.252 e. The fourth-order valence-corrected chi connectivity index (χ4v) is 4.29. The molecule has 0 aliphatic rings. The Morgan fingerprint density at radius 1 is 0.727 bits per heavy atom. The number of para-hydroxylation sites is 1. The van der Waals surface area contributed by atoms with Crippen molar-refractivity contribution in [1.82, 2.24) is 25.6 Å². The third-order valence-corrected chi connectivity index (χ3v) is 6.10. The number of benzene rings is 3. The Balaban J connectivity index is 1.25.